The molecule has 1 saturated carbocycles. The second kappa shape index (κ2) is 7.55. The van der Waals surface area contributed by atoms with Gasteiger partial charge < -0.3 is 10.1 Å². The zero-order valence-electron chi connectivity index (χ0n) is 13.2. The van der Waals surface area contributed by atoms with Crippen molar-refractivity contribution < 1.29 is 9.53 Å². The molecule has 1 fully saturated rings. The molecule has 1 aromatic heterocycles. The number of hydrogen-bond acceptors (Lipinski definition) is 5. The first-order chi connectivity index (χ1) is 11.8. The number of nitrogens with one attached hydrogen (secondary N) is 1. The average molecular weight is 322 g/mol. The molecule has 0 aliphatic heterocycles. The summed E-state index contributed by atoms with van der Waals surface area (Å²) in [6.45, 7) is 0. The fourth-order valence-electron chi connectivity index (χ4n) is 2.83. The maximum absolute atomic E-state index is 12.2. The Balaban J connectivity index is 1.51. The topological polar surface area (TPSA) is 87.9 Å². The van der Waals surface area contributed by atoms with Crippen molar-refractivity contribution in [1.29, 1.82) is 5.26 Å². The van der Waals surface area contributed by atoms with Crippen LogP contribution >= 0.6 is 0 Å². The molecular formula is C18H18N4O2. The predicted molar refractivity (Wildman–Crippen MR) is 87.3 cm³/mol. The highest BCUT2D eigenvalue weighted by molar-refractivity contribution is 5.94. The Kier molecular flexibility index (Phi) is 5.02. The third kappa shape index (κ3) is 3.87. The largest absolute Gasteiger partial charge is 0.472 e. The first kappa shape index (κ1) is 15.9. The van der Waals surface area contributed by atoms with E-state index in [-0.39, 0.29) is 29.6 Å². The van der Waals surface area contributed by atoms with Crippen molar-refractivity contribution in [2.24, 2.45) is 0 Å². The van der Waals surface area contributed by atoms with Gasteiger partial charge in [0.05, 0.1) is 0 Å². The molecule has 24 heavy (non-hydrogen) atoms. The first-order valence-corrected chi connectivity index (χ1v) is 8.00. The van der Waals surface area contributed by atoms with Crippen LogP contribution in [0.1, 0.15) is 41.7 Å². The lowest BCUT2D eigenvalue weighted by Gasteiger charge is -2.29. The number of nitrogens with zero attached hydrogens (tertiary/aromatic N) is 3. The van der Waals surface area contributed by atoms with E-state index in [0.717, 1.165) is 25.7 Å². The molecule has 0 atom stereocenters. The van der Waals surface area contributed by atoms with E-state index in [1.807, 2.05) is 36.4 Å². The summed E-state index contributed by atoms with van der Waals surface area (Å²) in [5.74, 6) is 0.248. The van der Waals surface area contributed by atoms with E-state index in [0.29, 0.717) is 5.56 Å². The third-order valence-corrected chi connectivity index (χ3v) is 4.09. The molecule has 3 rings (SSSR count). The Hall–Kier alpha value is -2.94. The molecular weight excluding hydrogens is 304 g/mol. The van der Waals surface area contributed by atoms with Crippen LogP contribution in [-0.4, -0.2) is 28.0 Å². The van der Waals surface area contributed by atoms with Crippen LogP contribution in [0.2, 0.25) is 0 Å². The maximum Gasteiger partial charge on any atom is 0.251 e. The van der Waals surface area contributed by atoms with Crippen molar-refractivity contribution in [3.63, 3.8) is 0 Å². The van der Waals surface area contributed by atoms with Crippen LogP contribution in [-0.2, 0) is 0 Å². The monoisotopic (exact) mass is 322 g/mol. The highest BCUT2D eigenvalue weighted by Gasteiger charge is 2.25. The molecule has 1 aliphatic carbocycles. The second-order valence-corrected chi connectivity index (χ2v) is 5.75. The number of nitriles is 1. The third-order valence-electron chi connectivity index (χ3n) is 4.09. The van der Waals surface area contributed by atoms with E-state index < -0.39 is 0 Å². The molecule has 1 N–H and O–H groups in total. The predicted octanol–water partition coefficient (Wildman–Crippen LogP) is 2.47. The molecule has 0 radical (unpaired) electrons. The van der Waals surface area contributed by atoms with Crippen LogP contribution in [0.3, 0.4) is 0 Å². The van der Waals surface area contributed by atoms with Gasteiger partial charge in [-0.25, -0.2) is 9.97 Å². The van der Waals surface area contributed by atoms with Crippen LogP contribution in [0.15, 0.2) is 42.7 Å². The molecule has 2 aromatic rings. The minimum Gasteiger partial charge on any atom is -0.472 e. The van der Waals surface area contributed by atoms with Crippen molar-refractivity contribution in [2.75, 3.05) is 0 Å². The van der Waals surface area contributed by atoms with Gasteiger partial charge in [-0.05, 0) is 37.8 Å². The summed E-state index contributed by atoms with van der Waals surface area (Å²) in [4.78, 5) is 20.2. The van der Waals surface area contributed by atoms with E-state index in [1.54, 1.807) is 0 Å². The van der Waals surface area contributed by atoms with Crippen molar-refractivity contribution in [2.45, 2.75) is 37.8 Å². The van der Waals surface area contributed by atoms with Gasteiger partial charge in [0.15, 0.2) is 0 Å². The van der Waals surface area contributed by atoms with Gasteiger partial charge in [-0.1, -0.05) is 18.2 Å². The Morgan fingerprint density at radius 2 is 1.83 bits per heavy atom. The lowest BCUT2D eigenvalue weighted by Crippen LogP contribution is -2.39. The van der Waals surface area contributed by atoms with Crippen LogP contribution in [0.5, 0.6) is 5.88 Å². The molecule has 122 valence electrons. The minimum atomic E-state index is -0.0411. The summed E-state index contributed by atoms with van der Waals surface area (Å²) >= 11 is 0. The maximum atomic E-state index is 12.2. The smallest absolute Gasteiger partial charge is 0.251 e. The minimum absolute atomic E-state index is 0.00122. The Morgan fingerprint density at radius 1 is 1.12 bits per heavy atom. The van der Waals surface area contributed by atoms with Gasteiger partial charge in [0.1, 0.15) is 12.2 Å². The first-order valence-electron chi connectivity index (χ1n) is 8.00. The van der Waals surface area contributed by atoms with Gasteiger partial charge >= 0.3 is 0 Å². The number of amides is 1. The van der Waals surface area contributed by atoms with Crippen LogP contribution < -0.4 is 10.1 Å². The van der Waals surface area contributed by atoms with Crippen molar-refractivity contribution >= 4 is 5.91 Å². The molecule has 1 heterocycles. The SMILES string of the molecule is N#Cc1nccnc1OC1CCC(NC(=O)c2ccccc2)CC1. The lowest BCUT2D eigenvalue weighted by molar-refractivity contribution is 0.0889. The molecule has 1 aromatic carbocycles. The molecule has 1 aliphatic rings. The van der Waals surface area contributed by atoms with E-state index >= 15 is 0 Å². The molecule has 0 spiro atoms. The number of benzene rings is 1. The van der Waals surface area contributed by atoms with Crippen LogP contribution in [0, 0.1) is 11.3 Å². The van der Waals surface area contributed by atoms with Crippen LogP contribution in [0.25, 0.3) is 0 Å². The highest BCUT2D eigenvalue weighted by atomic mass is 16.5. The van der Waals surface area contributed by atoms with Gasteiger partial charge in [-0.2, -0.15) is 5.26 Å². The van der Waals surface area contributed by atoms with E-state index in [1.165, 1.54) is 12.4 Å². The van der Waals surface area contributed by atoms with Gasteiger partial charge in [0.2, 0.25) is 5.69 Å². The van der Waals surface area contributed by atoms with Gasteiger partial charge in [0, 0.05) is 24.0 Å². The number of ether oxygens (including phenoxy) is 1. The molecule has 1 amide bonds. The Labute approximate surface area is 140 Å². The molecule has 0 saturated heterocycles. The number of aromatic nitrogens is 2. The summed E-state index contributed by atoms with van der Waals surface area (Å²) in [6.07, 6.45) is 6.28. The molecule has 6 nitrogen and oxygen atoms in total. The van der Waals surface area contributed by atoms with Crippen molar-refractivity contribution in [1.82, 2.24) is 15.3 Å². The fraction of sp³-hybridized carbons (Fsp3) is 0.333. The highest BCUT2D eigenvalue weighted by Crippen LogP contribution is 2.24. The number of rotatable bonds is 4. The van der Waals surface area contributed by atoms with Crippen molar-refractivity contribution in [3.05, 3.63) is 54.0 Å². The number of carbonyl (C=O) groups is 1. The van der Waals surface area contributed by atoms with Crippen molar-refractivity contribution in [3.8, 4) is 11.9 Å². The molecule has 0 unspecified atom stereocenters. The zero-order valence-corrected chi connectivity index (χ0v) is 13.2. The normalized spacial score (nSPS) is 20.0. The van der Waals surface area contributed by atoms with E-state index in [4.69, 9.17) is 10.00 Å². The fourth-order valence-corrected chi connectivity index (χ4v) is 2.83. The quantitative estimate of drug-likeness (QED) is 0.934. The molecule has 6 heteroatoms. The van der Waals surface area contributed by atoms with Gasteiger partial charge in [-0.3, -0.25) is 4.79 Å². The zero-order chi connectivity index (χ0) is 16.8. The second-order valence-electron chi connectivity index (χ2n) is 5.75. The molecule has 0 bridgehead atoms. The number of carbonyl (C=O) groups excluding carboxylic acids is 1. The summed E-state index contributed by atoms with van der Waals surface area (Å²) < 4.78 is 5.81. The van der Waals surface area contributed by atoms with Crippen LogP contribution in [0.4, 0.5) is 0 Å². The number of hydrogen-bond donors (Lipinski definition) is 1. The Morgan fingerprint density at radius 3 is 2.54 bits per heavy atom. The summed E-state index contributed by atoms with van der Waals surface area (Å²) in [5, 5.41) is 12.1. The summed E-state index contributed by atoms with van der Waals surface area (Å²) in [7, 11) is 0. The van der Waals surface area contributed by atoms with E-state index in [9.17, 15) is 4.79 Å². The summed E-state index contributed by atoms with van der Waals surface area (Å²) in [6, 6.07) is 11.3. The average Bonchev–Trinajstić information content (AvgIpc) is 2.64. The lowest BCUT2D eigenvalue weighted by atomic mass is 9.92. The Bertz CT molecular complexity index is 734. The van der Waals surface area contributed by atoms with Gasteiger partial charge in [-0.15, -0.1) is 0 Å². The van der Waals surface area contributed by atoms with Gasteiger partial charge in [0.25, 0.3) is 11.8 Å². The van der Waals surface area contributed by atoms with E-state index in [2.05, 4.69) is 15.3 Å². The summed E-state index contributed by atoms with van der Waals surface area (Å²) in [5.41, 5.74) is 0.881. The standard InChI is InChI=1S/C18H18N4O2/c19-12-16-18(21-11-10-20-16)24-15-8-6-14(7-9-15)22-17(23)13-4-2-1-3-5-13/h1-5,10-11,14-15H,6-9H2,(H,22,23).